The molecule has 1 saturated heterocycles. The summed E-state index contributed by atoms with van der Waals surface area (Å²) in [4.78, 5) is 18.0. The van der Waals surface area contributed by atoms with Gasteiger partial charge in [0.1, 0.15) is 11.4 Å². The lowest BCUT2D eigenvalue weighted by molar-refractivity contribution is 0.0547. The Hall–Kier alpha value is -2.79. The second-order valence-corrected chi connectivity index (χ2v) is 9.05. The fraction of sp³-hybridized carbons (Fsp3) is 0.423. The van der Waals surface area contributed by atoms with Gasteiger partial charge < -0.3 is 14.2 Å². The second-order valence-electron chi connectivity index (χ2n) is 9.05. The molecule has 1 aliphatic carbocycles. The third-order valence-corrected chi connectivity index (χ3v) is 7.31. The first-order chi connectivity index (χ1) is 15.0. The van der Waals surface area contributed by atoms with Gasteiger partial charge in [-0.1, -0.05) is 24.3 Å². The van der Waals surface area contributed by atoms with Crippen molar-refractivity contribution in [2.45, 2.75) is 37.8 Å². The van der Waals surface area contributed by atoms with E-state index in [1.807, 2.05) is 47.8 Å². The first-order valence-corrected chi connectivity index (χ1v) is 11.3. The standard InChI is InChI=1S/C26H31N3O2/c1-27(26(30)25-15-20-10-11-23(31-3)16-24(20)28(25)2)21-9-6-12-29(17-21)22-13-18-7-4-5-8-19(18)14-22/h4-5,7-8,10-11,15-16,21-22H,6,9,12-14,17H2,1-3H3. The number of piperidine rings is 1. The van der Waals surface area contributed by atoms with Gasteiger partial charge in [-0.15, -0.1) is 0 Å². The van der Waals surface area contributed by atoms with Crippen LogP contribution < -0.4 is 4.74 Å². The summed E-state index contributed by atoms with van der Waals surface area (Å²) in [5.41, 5.74) is 4.73. The van der Waals surface area contributed by atoms with Crippen molar-refractivity contribution >= 4 is 16.8 Å². The first kappa shape index (κ1) is 20.1. The maximum atomic E-state index is 13.5. The maximum Gasteiger partial charge on any atom is 0.270 e. The summed E-state index contributed by atoms with van der Waals surface area (Å²) in [6, 6.07) is 17.6. The lowest BCUT2D eigenvalue weighted by Gasteiger charge is -2.40. The van der Waals surface area contributed by atoms with Crippen molar-refractivity contribution in [2.75, 3.05) is 27.2 Å². The molecule has 0 saturated carbocycles. The zero-order valence-corrected chi connectivity index (χ0v) is 18.7. The third-order valence-electron chi connectivity index (χ3n) is 7.31. The monoisotopic (exact) mass is 417 g/mol. The Morgan fingerprint density at radius 1 is 1.10 bits per heavy atom. The van der Waals surface area contributed by atoms with Gasteiger partial charge in [-0.05, 0) is 61.6 Å². The molecule has 3 aromatic rings. The van der Waals surface area contributed by atoms with Crippen LogP contribution in [-0.4, -0.2) is 59.6 Å². The Balaban J connectivity index is 1.32. The smallest absolute Gasteiger partial charge is 0.270 e. The average Bonchev–Trinajstić information content (AvgIpc) is 3.39. The molecule has 1 fully saturated rings. The number of aryl methyl sites for hydroxylation is 1. The van der Waals surface area contributed by atoms with Crippen molar-refractivity contribution < 1.29 is 9.53 Å². The van der Waals surface area contributed by atoms with E-state index >= 15 is 0 Å². The van der Waals surface area contributed by atoms with Crippen LogP contribution in [0.2, 0.25) is 0 Å². The molecule has 1 amide bonds. The molecule has 0 radical (unpaired) electrons. The van der Waals surface area contributed by atoms with Crippen molar-refractivity contribution in [3.63, 3.8) is 0 Å². The Bertz CT molecular complexity index is 1090. The molecular formula is C26H31N3O2. The zero-order chi connectivity index (χ0) is 21.5. The summed E-state index contributed by atoms with van der Waals surface area (Å²) in [5.74, 6) is 0.903. The van der Waals surface area contributed by atoms with Gasteiger partial charge in [0.05, 0.1) is 12.6 Å². The van der Waals surface area contributed by atoms with Crippen LogP contribution in [0.4, 0.5) is 0 Å². The summed E-state index contributed by atoms with van der Waals surface area (Å²) in [6.07, 6.45) is 4.47. The minimum Gasteiger partial charge on any atom is -0.497 e. The molecule has 1 aliphatic heterocycles. The van der Waals surface area contributed by atoms with E-state index in [1.54, 1.807) is 7.11 Å². The van der Waals surface area contributed by atoms with E-state index in [-0.39, 0.29) is 11.9 Å². The fourth-order valence-electron chi connectivity index (χ4n) is 5.41. The average molecular weight is 418 g/mol. The summed E-state index contributed by atoms with van der Waals surface area (Å²) >= 11 is 0. The fourth-order valence-corrected chi connectivity index (χ4v) is 5.41. The summed E-state index contributed by atoms with van der Waals surface area (Å²) in [6.45, 7) is 2.09. The number of methoxy groups -OCH3 is 1. The van der Waals surface area contributed by atoms with E-state index < -0.39 is 0 Å². The van der Waals surface area contributed by atoms with Crippen LogP contribution in [0.1, 0.15) is 34.5 Å². The Labute approximate surface area is 184 Å². The molecule has 162 valence electrons. The van der Waals surface area contributed by atoms with Gasteiger partial charge in [0.2, 0.25) is 0 Å². The van der Waals surface area contributed by atoms with Crippen molar-refractivity contribution in [3.05, 3.63) is 65.4 Å². The van der Waals surface area contributed by atoms with Crippen LogP contribution in [0, 0.1) is 0 Å². The molecule has 1 unspecified atom stereocenters. The number of benzene rings is 2. The number of likely N-dealkylation sites (N-methyl/N-ethyl adjacent to an activating group) is 1. The third kappa shape index (κ3) is 3.61. The number of carbonyl (C=O) groups excluding carboxylic acids is 1. The van der Waals surface area contributed by atoms with Crippen LogP contribution in [0.5, 0.6) is 5.75 Å². The number of aromatic nitrogens is 1. The largest absolute Gasteiger partial charge is 0.497 e. The quantitative estimate of drug-likeness (QED) is 0.646. The normalized spacial score (nSPS) is 19.5. The molecule has 1 atom stereocenters. The van der Waals surface area contributed by atoms with Crippen LogP contribution in [0.25, 0.3) is 10.9 Å². The molecule has 1 aromatic heterocycles. The van der Waals surface area contributed by atoms with Gasteiger partial charge in [0.15, 0.2) is 0 Å². The van der Waals surface area contributed by atoms with E-state index in [9.17, 15) is 4.79 Å². The maximum absolute atomic E-state index is 13.5. The molecule has 2 aromatic carbocycles. The number of likely N-dealkylation sites (tertiary alicyclic amines) is 1. The summed E-state index contributed by atoms with van der Waals surface area (Å²) in [7, 11) is 5.60. The van der Waals surface area contributed by atoms with E-state index in [2.05, 4.69) is 29.2 Å². The molecule has 0 N–H and O–H groups in total. The second kappa shape index (κ2) is 8.04. The Morgan fingerprint density at radius 2 is 1.84 bits per heavy atom. The van der Waals surface area contributed by atoms with E-state index in [4.69, 9.17) is 4.74 Å². The molecular weight excluding hydrogens is 386 g/mol. The van der Waals surface area contributed by atoms with Crippen molar-refractivity contribution in [2.24, 2.45) is 7.05 Å². The Morgan fingerprint density at radius 3 is 2.55 bits per heavy atom. The number of hydrogen-bond donors (Lipinski definition) is 0. The number of carbonyl (C=O) groups is 1. The molecule has 0 bridgehead atoms. The first-order valence-electron chi connectivity index (χ1n) is 11.3. The highest BCUT2D eigenvalue weighted by atomic mass is 16.5. The highest BCUT2D eigenvalue weighted by Crippen LogP contribution is 2.29. The number of fused-ring (bicyclic) bond motifs is 2. The summed E-state index contributed by atoms with van der Waals surface area (Å²) in [5, 5.41) is 1.06. The van der Waals surface area contributed by atoms with Gasteiger partial charge >= 0.3 is 0 Å². The number of nitrogens with zero attached hydrogens (tertiary/aromatic N) is 3. The van der Waals surface area contributed by atoms with Gasteiger partial charge in [0, 0.05) is 44.2 Å². The molecule has 5 rings (SSSR count). The topological polar surface area (TPSA) is 37.7 Å². The van der Waals surface area contributed by atoms with Gasteiger partial charge in [-0.3, -0.25) is 9.69 Å². The molecule has 5 nitrogen and oxygen atoms in total. The lowest BCUT2D eigenvalue weighted by Crippen LogP contribution is -2.52. The molecule has 2 heterocycles. The van der Waals surface area contributed by atoms with Gasteiger partial charge in [0.25, 0.3) is 5.91 Å². The minimum atomic E-state index is 0.0965. The highest BCUT2D eigenvalue weighted by molar-refractivity contribution is 5.99. The number of ether oxygens (including phenoxy) is 1. The highest BCUT2D eigenvalue weighted by Gasteiger charge is 2.33. The minimum absolute atomic E-state index is 0.0965. The molecule has 31 heavy (non-hydrogen) atoms. The predicted octanol–water partition coefficient (Wildman–Crippen LogP) is 3.89. The van der Waals surface area contributed by atoms with Crippen molar-refractivity contribution in [3.8, 4) is 5.75 Å². The number of hydrogen-bond acceptors (Lipinski definition) is 3. The lowest BCUT2D eigenvalue weighted by atomic mass is 10.0. The van der Waals surface area contributed by atoms with Gasteiger partial charge in [-0.25, -0.2) is 0 Å². The van der Waals surface area contributed by atoms with Crippen LogP contribution >= 0.6 is 0 Å². The van der Waals surface area contributed by atoms with Gasteiger partial charge in [-0.2, -0.15) is 0 Å². The molecule has 5 heteroatoms. The zero-order valence-electron chi connectivity index (χ0n) is 18.7. The van der Waals surface area contributed by atoms with E-state index in [0.29, 0.717) is 6.04 Å². The van der Waals surface area contributed by atoms with Crippen LogP contribution in [0.15, 0.2) is 48.5 Å². The molecule has 0 spiro atoms. The molecule has 2 aliphatic rings. The van der Waals surface area contributed by atoms with Crippen molar-refractivity contribution in [1.29, 1.82) is 0 Å². The van der Waals surface area contributed by atoms with Crippen LogP contribution in [0.3, 0.4) is 0 Å². The summed E-state index contributed by atoms with van der Waals surface area (Å²) < 4.78 is 7.35. The van der Waals surface area contributed by atoms with E-state index in [0.717, 1.165) is 61.1 Å². The predicted molar refractivity (Wildman–Crippen MR) is 124 cm³/mol. The van der Waals surface area contributed by atoms with Crippen LogP contribution in [-0.2, 0) is 19.9 Å². The Kier molecular flexibility index (Phi) is 5.22. The SMILES string of the molecule is COc1ccc2cc(C(=O)N(C)C3CCCN(C4Cc5ccccc5C4)C3)n(C)c2c1. The number of amides is 1. The van der Waals surface area contributed by atoms with E-state index in [1.165, 1.54) is 11.1 Å². The number of rotatable bonds is 4. The van der Waals surface area contributed by atoms with Crippen molar-refractivity contribution in [1.82, 2.24) is 14.4 Å².